The molecule has 19 nitrogen and oxygen atoms in total. The predicted octanol–water partition coefficient (Wildman–Crippen LogP) is 3.14. The summed E-state index contributed by atoms with van der Waals surface area (Å²) in [6.07, 6.45) is 14.2. The molecule has 11 rings (SSSR count). The van der Waals surface area contributed by atoms with Crippen molar-refractivity contribution in [2.24, 2.45) is 32.7 Å². The standard InChI is InChI=1S/C17H18N4O2S.C14H19N3O3S.C13H13N3O4S/c22-24(23,17-14-6-4-9-19-15(14)12-20-17)21-10-2-1-7-16(21)13-5-3-8-18-11-13;18-9-5-11-3-7-17(8-4-11)21(19,20)14-12-2-1-6-15-13(12)10-16-14;17-13(18)11-9-4-7(9)6-16(11)21(19,20)12-8-2-1-3-14-10(8)5-15-12/h3-6,8-9,11,16H,1-2,7,10,12H2;1-2,6,11,18H,3-5,7-10H2;1-3,7,9,11H,4-6H2,(H,17,18)/t;;7-,9-,11+/m..1/s1. The van der Waals surface area contributed by atoms with Gasteiger partial charge in [0.25, 0.3) is 30.1 Å². The fourth-order valence-electron chi connectivity index (χ4n) is 9.68. The molecule has 0 bridgehead atoms. The van der Waals surface area contributed by atoms with Crippen LogP contribution in [0.4, 0.5) is 0 Å². The van der Waals surface area contributed by atoms with Crippen LogP contribution in [-0.2, 0) is 54.5 Å². The minimum atomic E-state index is -3.89. The van der Waals surface area contributed by atoms with Crippen LogP contribution < -0.4 is 0 Å². The first-order valence-electron chi connectivity index (χ1n) is 22.0. The molecule has 0 amide bonds. The minimum absolute atomic E-state index is 0.0434. The van der Waals surface area contributed by atoms with Crippen molar-refractivity contribution in [2.75, 3.05) is 32.8 Å². The van der Waals surface area contributed by atoms with Gasteiger partial charge >= 0.3 is 5.97 Å². The van der Waals surface area contributed by atoms with Crippen molar-refractivity contribution >= 4 is 51.2 Å². The van der Waals surface area contributed by atoms with E-state index in [9.17, 15) is 35.2 Å². The van der Waals surface area contributed by atoms with Crippen molar-refractivity contribution in [3.8, 4) is 0 Å². The van der Waals surface area contributed by atoms with Gasteiger partial charge in [0.15, 0.2) is 15.1 Å². The number of hydrogen-bond donors (Lipinski definition) is 2. The molecular weight excluding hydrogens is 909 g/mol. The number of hydrogen-bond acceptors (Lipinski definition) is 15. The van der Waals surface area contributed by atoms with Crippen molar-refractivity contribution in [3.05, 3.63) is 119 Å². The lowest BCUT2D eigenvalue weighted by Gasteiger charge is -2.34. The third-order valence-electron chi connectivity index (χ3n) is 13.2. The first-order chi connectivity index (χ1) is 31.8. The average molecular weight is 959 g/mol. The maximum absolute atomic E-state index is 13.3. The van der Waals surface area contributed by atoms with Gasteiger partial charge in [-0.2, -0.15) is 12.9 Å². The van der Waals surface area contributed by atoms with E-state index < -0.39 is 42.1 Å². The van der Waals surface area contributed by atoms with Crippen molar-refractivity contribution in [3.63, 3.8) is 0 Å². The Morgan fingerprint density at radius 1 is 0.652 bits per heavy atom. The highest BCUT2D eigenvalue weighted by atomic mass is 32.2. The van der Waals surface area contributed by atoms with Crippen LogP contribution in [-0.4, -0.2) is 128 Å². The number of aliphatic hydroxyl groups is 1. The smallest absolute Gasteiger partial charge is 0.322 e. The summed E-state index contributed by atoms with van der Waals surface area (Å²) in [5, 5.41) is 18.6. The molecule has 348 valence electrons. The second-order valence-electron chi connectivity index (χ2n) is 17.1. The molecule has 4 atom stereocenters. The molecule has 22 heteroatoms. The molecule has 0 aromatic carbocycles. The highest BCUT2D eigenvalue weighted by molar-refractivity contribution is 8.05. The lowest BCUT2D eigenvalue weighted by Crippen LogP contribution is -2.46. The summed E-state index contributed by atoms with van der Waals surface area (Å²) in [5.41, 5.74) is 4.76. The number of rotatable bonds is 7. The van der Waals surface area contributed by atoms with E-state index in [1.165, 1.54) is 4.31 Å². The van der Waals surface area contributed by atoms with Crippen molar-refractivity contribution < 1.29 is 40.3 Å². The fourth-order valence-corrected chi connectivity index (χ4v) is 15.0. The first kappa shape index (κ1) is 45.9. The Bertz CT molecular complexity index is 2930. The van der Waals surface area contributed by atoms with E-state index in [-0.39, 0.29) is 52.7 Å². The van der Waals surface area contributed by atoms with Gasteiger partial charge in [0.1, 0.15) is 6.04 Å². The second-order valence-corrected chi connectivity index (χ2v) is 22.6. The SMILES string of the molecule is O=C(O)[C@@H]1[C@@H]2C[C@@H]2CN1S(=O)(=O)C1=NCc2ncccc21.O=S(=O)(C1=NCc2ncccc21)N1CCC(CCO)CC1.O=S(=O)(C1=NCc2ncccc21)N1CCCCC1c1cccnc1. The van der Waals surface area contributed by atoms with Crippen molar-refractivity contribution in [2.45, 2.75) is 76.7 Å². The maximum Gasteiger partial charge on any atom is 0.322 e. The van der Waals surface area contributed by atoms with Gasteiger partial charge < -0.3 is 10.2 Å². The Balaban J connectivity index is 0.000000125. The van der Waals surface area contributed by atoms with Crippen LogP contribution in [0.1, 0.15) is 90.3 Å². The van der Waals surface area contributed by atoms with Gasteiger partial charge in [-0.1, -0.05) is 12.5 Å². The monoisotopic (exact) mass is 958 g/mol. The lowest BCUT2D eigenvalue weighted by molar-refractivity contribution is -0.141. The number of aromatic nitrogens is 4. The molecule has 0 spiro atoms. The van der Waals surface area contributed by atoms with Gasteiger partial charge in [0.2, 0.25) is 0 Å². The Morgan fingerprint density at radius 2 is 1.18 bits per heavy atom. The summed E-state index contributed by atoms with van der Waals surface area (Å²) < 4.78 is 81.8. The number of carbonyl (C=O) groups is 1. The van der Waals surface area contributed by atoms with E-state index in [2.05, 4.69) is 34.9 Å². The third-order valence-corrected chi connectivity index (χ3v) is 18.8. The molecule has 2 N–H and O–H groups in total. The molecule has 1 aliphatic carbocycles. The lowest BCUT2D eigenvalue weighted by atomic mass is 9.95. The zero-order chi connectivity index (χ0) is 46.2. The normalized spacial score (nSPS) is 24.0. The van der Waals surface area contributed by atoms with Crippen LogP contribution in [0.2, 0.25) is 0 Å². The summed E-state index contributed by atoms with van der Waals surface area (Å²) in [4.78, 5) is 40.6. The van der Waals surface area contributed by atoms with E-state index >= 15 is 0 Å². The van der Waals surface area contributed by atoms with Crippen LogP contribution in [0.5, 0.6) is 0 Å². The maximum atomic E-state index is 13.3. The Hall–Kier alpha value is -5.23. The predicted molar refractivity (Wildman–Crippen MR) is 243 cm³/mol. The molecule has 1 unspecified atom stereocenters. The van der Waals surface area contributed by atoms with Gasteiger partial charge in [-0.25, -0.2) is 25.3 Å². The van der Waals surface area contributed by atoms with E-state index in [0.717, 1.165) is 66.2 Å². The highest BCUT2D eigenvalue weighted by Gasteiger charge is 2.60. The van der Waals surface area contributed by atoms with Crippen LogP contribution in [0, 0.1) is 17.8 Å². The Labute approximate surface area is 383 Å². The van der Waals surface area contributed by atoms with Crippen LogP contribution in [0.15, 0.2) is 94.5 Å². The summed E-state index contributed by atoms with van der Waals surface area (Å²) >= 11 is 0. The van der Waals surface area contributed by atoms with Gasteiger partial charge in [0, 0.05) is 80.5 Å². The number of pyridine rings is 4. The summed E-state index contributed by atoms with van der Waals surface area (Å²) in [5.74, 6) is -0.529. The van der Waals surface area contributed by atoms with Gasteiger partial charge in [-0.05, 0) is 104 Å². The zero-order valence-electron chi connectivity index (χ0n) is 35.9. The topological polar surface area (TPSA) is 258 Å². The van der Waals surface area contributed by atoms with E-state index in [1.54, 1.807) is 71.7 Å². The molecule has 1 saturated carbocycles. The Morgan fingerprint density at radius 3 is 1.70 bits per heavy atom. The molecule has 7 aliphatic rings. The molecule has 6 aliphatic heterocycles. The van der Waals surface area contributed by atoms with Crippen molar-refractivity contribution in [1.82, 2.24) is 32.9 Å². The first-order valence-corrected chi connectivity index (χ1v) is 26.4. The number of aliphatic imine (C=N–C) groups is 3. The van der Waals surface area contributed by atoms with Gasteiger partial charge in [0.05, 0.1) is 42.8 Å². The largest absolute Gasteiger partial charge is 0.480 e. The van der Waals surface area contributed by atoms with Crippen LogP contribution in [0.25, 0.3) is 0 Å². The summed E-state index contributed by atoms with van der Waals surface area (Å²) in [6, 6.07) is 13.0. The number of aliphatic hydroxyl groups excluding tert-OH is 1. The van der Waals surface area contributed by atoms with Crippen LogP contribution >= 0.6 is 0 Å². The number of nitrogens with zero attached hydrogens (tertiary/aromatic N) is 10. The average Bonchev–Trinajstić information content (AvgIpc) is 3.79. The van der Waals surface area contributed by atoms with E-state index in [0.29, 0.717) is 61.0 Å². The number of carboxylic acid groups (broad SMARTS) is 1. The molecule has 4 fully saturated rings. The number of fused-ring (bicyclic) bond motifs is 4. The van der Waals surface area contributed by atoms with Crippen LogP contribution in [0.3, 0.4) is 0 Å². The molecule has 3 saturated heterocycles. The summed E-state index contributed by atoms with van der Waals surface area (Å²) in [7, 11) is -11.1. The molecule has 4 aromatic rings. The second kappa shape index (κ2) is 18.8. The van der Waals surface area contributed by atoms with Crippen molar-refractivity contribution in [1.29, 1.82) is 0 Å². The quantitative estimate of drug-likeness (QED) is 0.270. The number of piperidine rings is 3. The number of sulfonamides is 3. The number of carboxylic acids is 1. The third kappa shape index (κ3) is 8.86. The minimum Gasteiger partial charge on any atom is -0.480 e. The zero-order valence-corrected chi connectivity index (χ0v) is 38.4. The van der Waals surface area contributed by atoms with E-state index in [1.807, 2.05) is 12.1 Å². The van der Waals surface area contributed by atoms with E-state index in [4.69, 9.17) is 5.11 Å². The number of aliphatic carboxylic acids is 1. The molecule has 0 radical (unpaired) electrons. The molecule has 10 heterocycles. The van der Waals surface area contributed by atoms with Gasteiger partial charge in [-0.3, -0.25) is 39.7 Å². The molecule has 4 aromatic heterocycles. The molecule has 66 heavy (non-hydrogen) atoms. The van der Waals surface area contributed by atoms with Gasteiger partial charge in [-0.15, -0.1) is 0 Å². The molecular formula is C44H50N10O9S3. The summed E-state index contributed by atoms with van der Waals surface area (Å²) in [6.45, 7) is 2.85. The highest BCUT2D eigenvalue weighted by Crippen LogP contribution is 2.51. The fraction of sp³-hybridized carbons (Fsp3) is 0.455. The Kier molecular flexibility index (Phi) is 13.1.